The van der Waals surface area contributed by atoms with Gasteiger partial charge < -0.3 is 9.32 Å². The van der Waals surface area contributed by atoms with Crippen LogP contribution in [0.25, 0.3) is 22.9 Å². The normalized spacial score (nSPS) is 17.7. The zero-order chi connectivity index (χ0) is 21.3. The summed E-state index contributed by atoms with van der Waals surface area (Å²) >= 11 is 0. The Morgan fingerprint density at radius 1 is 1.10 bits per heavy atom. The molecule has 1 amide bonds. The van der Waals surface area contributed by atoms with Crippen molar-refractivity contribution in [2.45, 2.75) is 26.3 Å². The topological polar surface area (TPSA) is 93.4 Å². The van der Waals surface area contributed by atoms with Crippen molar-refractivity contribution in [3.05, 3.63) is 59.7 Å². The fraction of sp³-hybridized carbons (Fsp3) is 0.318. The number of sulfone groups is 1. The molecule has 1 fully saturated rings. The van der Waals surface area contributed by atoms with Gasteiger partial charge in [0.05, 0.1) is 11.5 Å². The highest BCUT2D eigenvalue weighted by Gasteiger charge is 2.34. The molecule has 2 heterocycles. The van der Waals surface area contributed by atoms with Gasteiger partial charge in [0.2, 0.25) is 11.8 Å². The molecular formula is C22H23N3O4S. The van der Waals surface area contributed by atoms with Gasteiger partial charge in [0.15, 0.2) is 9.84 Å². The number of carbonyl (C=O) groups excluding carboxylic acids is 1. The summed E-state index contributed by atoms with van der Waals surface area (Å²) in [5.41, 5.74) is 3.14. The van der Waals surface area contributed by atoms with Crippen LogP contribution >= 0.6 is 0 Å². The van der Waals surface area contributed by atoms with Gasteiger partial charge in [-0.1, -0.05) is 18.2 Å². The van der Waals surface area contributed by atoms with Crippen LogP contribution in [-0.2, 0) is 9.84 Å². The first-order chi connectivity index (χ1) is 14.4. The number of carbonyl (C=O) groups is 1. The maximum absolute atomic E-state index is 12.9. The van der Waals surface area contributed by atoms with E-state index in [9.17, 15) is 13.2 Å². The van der Waals surface area contributed by atoms with Crippen molar-refractivity contribution in [2.75, 3.05) is 18.1 Å². The largest absolute Gasteiger partial charge is 0.416 e. The lowest BCUT2D eigenvalue weighted by Crippen LogP contribution is -2.40. The van der Waals surface area contributed by atoms with E-state index in [0.29, 0.717) is 35.9 Å². The summed E-state index contributed by atoms with van der Waals surface area (Å²) in [5, 5.41) is 8.27. The fourth-order valence-corrected chi connectivity index (χ4v) is 5.50. The first kappa shape index (κ1) is 20.3. The number of hydrogen-bond acceptors (Lipinski definition) is 6. The smallest absolute Gasteiger partial charge is 0.254 e. The second-order valence-corrected chi connectivity index (χ2v) is 9.68. The van der Waals surface area contributed by atoms with Gasteiger partial charge in [0.25, 0.3) is 5.91 Å². The van der Waals surface area contributed by atoms with E-state index < -0.39 is 9.84 Å². The Kier molecular flexibility index (Phi) is 5.42. The van der Waals surface area contributed by atoms with Crippen LogP contribution in [-0.4, -0.2) is 53.5 Å². The van der Waals surface area contributed by atoms with Crippen molar-refractivity contribution >= 4 is 15.7 Å². The average molecular weight is 426 g/mol. The number of rotatable bonds is 5. The molecule has 156 valence electrons. The Labute approximate surface area is 175 Å². The van der Waals surface area contributed by atoms with Gasteiger partial charge >= 0.3 is 0 Å². The summed E-state index contributed by atoms with van der Waals surface area (Å²) in [7, 11) is -3.05. The minimum absolute atomic E-state index is 0.0360. The SMILES string of the molecule is CCN(C(=O)c1ccc(-c2nnc(-c3ccccc3C)o2)cc1)C1CCS(=O)(=O)C1. The predicted octanol–water partition coefficient (Wildman–Crippen LogP) is 3.36. The zero-order valence-electron chi connectivity index (χ0n) is 16.9. The number of nitrogens with zero attached hydrogens (tertiary/aromatic N) is 3. The van der Waals surface area contributed by atoms with E-state index in [2.05, 4.69) is 10.2 Å². The summed E-state index contributed by atoms with van der Waals surface area (Å²) < 4.78 is 29.4. The molecule has 7 nitrogen and oxygen atoms in total. The molecule has 0 N–H and O–H groups in total. The van der Waals surface area contributed by atoms with Gasteiger partial charge in [-0.25, -0.2) is 8.42 Å². The van der Waals surface area contributed by atoms with E-state index in [1.54, 1.807) is 29.2 Å². The fourth-order valence-electron chi connectivity index (χ4n) is 3.77. The van der Waals surface area contributed by atoms with E-state index in [4.69, 9.17) is 4.42 Å². The highest BCUT2D eigenvalue weighted by atomic mass is 32.2. The van der Waals surface area contributed by atoms with Gasteiger partial charge in [0, 0.05) is 29.3 Å². The van der Waals surface area contributed by atoms with E-state index in [1.807, 2.05) is 38.1 Å². The van der Waals surface area contributed by atoms with Crippen LogP contribution in [0.2, 0.25) is 0 Å². The molecule has 1 aliphatic rings. The second kappa shape index (κ2) is 8.02. The lowest BCUT2D eigenvalue weighted by atomic mass is 10.1. The zero-order valence-corrected chi connectivity index (χ0v) is 17.7. The molecule has 1 atom stereocenters. The van der Waals surface area contributed by atoms with Gasteiger partial charge in [-0.15, -0.1) is 10.2 Å². The molecule has 1 unspecified atom stereocenters. The van der Waals surface area contributed by atoms with Crippen molar-refractivity contribution in [3.8, 4) is 22.9 Å². The van der Waals surface area contributed by atoms with Crippen molar-refractivity contribution in [1.82, 2.24) is 15.1 Å². The van der Waals surface area contributed by atoms with E-state index >= 15 is 0 Å². The summed E-state index contributed by atoms with van der Waals surface area (Å²) in [5.74, 6) is 0.830. The minimum atomic E-state index is -3.05. The van der Waals surface area contributed by atoms with E-state index in [-0.39, 0.29) is 23.5 Å². The molecular weight excluding hydrogens is 402 g/mol. The summed E-state index contributed by atoms with van der Waals surface area (Å²) in [6.07, 6.45) is 0.490. The molecule has 8 heteroatoms. The van der Waals surface area contributed by atoms with E-state index in [1.165, 1.54) is 0 Å². The molecule has 0 radical (unpaired) electrons. The van der Waals surface area contributed by atoms with Crippen LogP contribution in [0, 0.1) is 6.92 Å². The summed E-state index contributed by atoms with van der Waals surface area (Å²) in [6, 6.07) is 14.5. The average Bonchev–Trinajstić information content (AvgIpc) is 3.36. The highest BCUT2D eigenvalue weighted by molar-refractivity contribution is 7.91. The third-order valence-corrected chi connectivity index (χ3v) is 7.18. The van der Waals surface area contributed by atoms with Gasteiger partial charge in [-0.05, 0) is 56.2 Å². The third kappa shape index (κ3) is 4.00. The molecule has 2 aromatic carbocycles. The summed E-state index contributed by atoms with van der Waals surface area (Å²) in [4.78, 5) is 14.6. The first-order valence-corrected chi connectivity index (χ1v) is 11.7. The predicted molar refractivity (Wildman–Crippen MR) is 114 cm³/mol. The molecule has 0 bridgehead atoms. The lowest BCUT2D eigenvalue weighted by Gasteiger charge is -2.27. The molecule has 30 heavy (non-hydrogen) atoms. The molecule has 0 aliphatic carbocycles. The van der Waals surface area contributed by atoms with Gasteiger partial charge in [-0.2, -0.15) is 0 Å². The van der Waals surface area contributed by atoms with E-state index in [0.717, 1.165) is 11.1 Å². The van der Waals surface area contributed by atoms with Crippen molar-refractivity contribution in [3.63, 3.8) is 0 Å². The van der Waals surface area contributed by atoms with Crippen molar-refractivity contribution in [1.29, 1.82) is 0 Å². The third-order valence-electron chi connectivity index (χ3n) is 5.43. The molecule has 1 aromatic heterocycles. The number of hydrogen-bond donors (Lipinski definition) is 0. The van der Waals surface area contributed by atoms with Gasteiger partial charge in [-0.3, -0.25) is 4.79 Å². The van der Waals surface area contributed by atoms with Crippen LogP contribution in [0.15, 0.2) is 52.9 Å². The second-order valence-electron chi connectivity index (χ2n) is 7.45. The van der Waals surface area contributed by atoms with Crippen molar-refractivity contribution < 1.29 is 17.6 Å². The molecule has 4 rings (SSSR count). The van der Waals surface area contributed by atoms with Crippen LogP contribution in [0.1, 0.15) is 29.3 Å². The van der Waals surface area contributed by atoms with Crippen LogP contribution in [0.4, 0.5) is 0 Å². The Balaban J connectivity index is 1.53. The molecule has 1 saturated heterocycles. The number of aromatic nitrogens is 2. The Bertz CT molecular complexity index is 1170. The Morgan fingerprint density at radius 3 is 2.43 bits per heavy atom. The van der Waals surface area contributed by atoms with Gasteiger partial charge in [0.1, 0.15) is 0 Å². The number of benzene rings is 2. The number of amides is 1. The maximum Gasteiger partial charge on any atom is 0.254 e. The maximum atomic E-state index is 12.9. The monoisotopic (exact) mass is 425 g/mol. The van der Waals surface area contributed by atoms with Crippen molar-refractivity contribution in [2.24, 2.45) is 0 Å². The Hall–Kier alpha value is -3.00. The standard InChI is InChI=1S/C22H23N3O4S/c1-3-25(18-12-13-30(27,28)14-18)22(26)17-10-8-16(9-11-17)20-23-24-21(29-20)19-7-5-4-6-15(19)2/h4-11,18H,3,12-14H2,1-2H3. The molecule has 0 saturated carbocycles. The molecule has 0 spiro atoms. The Morgan fingerprint density at radius 2 is 1.80 bits per heavy atom. The molecule has 1 aliphatic heterocycles. The van der Waals surface area contributed by atoms with Crippen LogP contribution in [0.3, 0.4) is 0 Å². The highest BCUT2D eigenvalue weighted by Crippen LogP contribution is 2.27. The number of aryl methyl sites for hydroxylation is 1. The minimum Gasteiger partial charge on any atom is -0.416 e. The molecule has 3 aromatic rings. The first-order valence-electron chi connectivity index (χ1n) is 9.89. The lowest BCUT2D eigenvalue weighted by molar-refractivity contribution is 0.0708. The quantitative estimate of drug-likeness (QED) is 0.622. The summed E-state index contributed by atoms with van der Waals surface area (Å²) in [6.45, 7) is 4.31. The van der Waals surface area contributed by atoms with Crippen LogP contribution in [0.5, 0.6) is 0 Å². The van der Waals surface area contributed by atoms with Crippen LogP contribution < -0.4 is 0 Å².